The average Bonchev–Trinajstić information content (AvgIpc) is 3.14. The molecule has 0 unspecified atom stereocenters. The Labute approximate surface area is 298 Å². The number of carbonyl (C=O) groups is 5. The number of hydrogen-bond acceptors (Lipinski definition) is 7. The summed E-state index contributed by atoms with van der Waals surface area (Å²) in [6.45, 7) is 11.6. The summed E-state index contributed by atoms with van der Waals surface area (Å²) in [5, 5.41) is 0. The maximum absolute atomic E-state index is 12.6. The molecule has 0 heterocycles. The van der Waals surface area contributed by atoms with E-state index in [0.29, 0.717) is 11.1 Å². The molecule has 50 heavy (non-hydrogen) atoms. The van der Waals surface area contributed by atoms with Crippen LogP contribution in [0, 0.1) is 13.8 Å². The highest BCUT2D eigenvalue weighted by molar-refractivity contribution is 6.45. The Bertz CT molecular complexity index is 1710. The first-order chi connectivity index (χ1) is 23.5. The van der Waals surface area contributed by atoms with Gasteiger partial charge in [0, 0.05) is 22.9 Å². The normalized spacial score (nSPS) is 10.1. The molecule has 4 aromatic carbocycles. The van der Waals surface area contributed by atoms with Crippen molar-refractivity contribution in [1.82, 2.24) is 0 Å². The number of ketones is 4. The summed E-state index contributed by atoms with van der Waals surface area (Å²) in [7, 11) is 0. The molecule has 4 rings (SSSR count). The molecular formula is C43H52N2O5. The lowest BCUT2D eigenvalue weighted by atomic mass is 9.91. The predicted molar refractivity (Wildman–Crippen MR) is 205 cm³/mol. The Balaban J connectivity index is 0.000000417. The predicted octanol–water partition coefficient (Wildman–Crippen LogP) is 7.96. The Morgan fingerprint density at radius 1 is 0.600 bits per heavy atom. The third-order valence-electron chi connectivity index (χ3n) is 7.77. The number of aldehydes is 1. The number of carbonyl (C=O) groups excluding carboxylic acids is 5. The van der Waals surface area contributed by atoms with Crippen LogP contribution in [0.2, 0.25) is 0 Å². The van der Waals surface area contributed by atoms with Gasteiger partial charge < -0.3 is 5.73 Å². The summed E-state index contributed by atoms with van der Waals surface area (Å²) in [5.74, 6) is -1.84. The molecule has 7 heteroatoms. The molecule has 0 bridgehead atoms. The van der Waals surface area contributed by atoms with Crippen molar-refractivity contribution in [3.05, 3.63) is 141 Å². The zero-order chi connectivity index (χ0) is 36.3. The molecule has 0 spiro atoms. The number of aryl methyl sites for hydroxylation is 6. The topological polar surface area (TPSA) is 124 Å². The minimum Gasteiger partial charge on any atom is -0.324 e. The molecule has 0 aromatic heterocycles. The van der Waals surface area contributed by atoms with Crippen LogP contribution in [0.4, 0.5) is 0 Å². The average molecular weight is 677 g/mol. The van der Waals surface area contributed by atoms with E-state index in [1.807, 2.05) is 114 Å². The van der Waals surface area contributed by atoms with Gasteiger partial charge in [-0.1, -0.05) is 131 Å². The number of nitrogens with two attached hydrogens (primary N) is 1. The zero-order valence-corrected chi connectivity index (χ0v) is 29.5. The van der Waals surface area contributed by atoms with Gasteiger partial charge in [0.1, 0.15) is 12.8 Å². The van der Waals surface area contributed by atoms with E-state index in [2.05, 4.69) is 4.99 Å². The standard InChI is InChI=1S/C21H23NO2.C14H19NO2.C7H6O.CH4/c1-4-17-11-15(3)12-18(5-2)20(17)21(24)19(23)14-22-13-16-9-7-6-8-10-16;1-4-10-6-9(3)7-11(5-2)13(10)14(17)12(16)8-15;8-6-7-4-2-1-3-5-7;/h6-13H,4-5,14H2,1-3H3;6-7H,4-5,8,15H2,1-3H3;1-6H;1H4. The van der Waals surface area contributed by atoms with Gasteiger partial charge in [0.15, 0.2) is 0 Å². The fraction of sp³-hybridized carbons (Fsp3) is 0.302. The van der Waals surface area contributed by atoms with Gasteiger partial charge in [-0.3, -0.25) is 29.0 Å². The molecule has 0 aliphatic heterocycles. The van der Waals surface area contributed by atoms with Crippen LogP contribution >= 0.6 is 0 Å². The Morgan fingerprint density at radius 2 is 0.960 bits per heavy atom. The van der Waals surface area contributed by atoms with Crippen LogP contribution in [0.5, 0.6) is 0 Å². The van der Waals surface area contributed by atoms with Crippen molar-refractivity contribution in [2.75, 3.05) is 13.1 Å². The van der Waals surface area contributed by atoms with Crippen LogP contribution in [0.25, 0.3) is 0 Å². The second-order valence-corrected chi connectivity index (χ2v) is 11.4. The van der Waals surface area contributed by atoms with Gasteiger partial charge in [0.05, 0.1) is 6.54 Å². The summed E-state index contributed by atoms with van der Waals surface area (Å²) in [4.78, 5) is 62.5. The molecule has 0 atom stereocenters. The molecule has 2 N–H and O–H groups in total. The molecule has 7 nitrogen and oxygen atoms in total. The van der Waals surface area contributed by atoms with Crippen LogP contribution in [-0.4, -0.2) is 48.7 Å². The number of Topliss-reactive ketones (excluding diaryl/α,β-unsaturated/α-hetero) is 4. The van der Waals surface area contributed by atoms with Crippen molar-refractivity contribution < 1.29 is 24.0 Å². The van der Waals surface area contributed by atoms with Gasteiger partial charge in [-0.25, -0.2) is 0 Å². The largest absolute Gasteiger partial charge is 0.324 e. The van der Waals surface area contributed by atoms with Gasteiger partial charge in [0.2, 0.25) is 23.1 Å². The smallest absolute Gasteiger partial charge is 0.231 e. The van der Waals surface area contributed by atoms with Crippen molar-refractivity contribution in [1.29, 1.82) is 0 Å². The first-order valence-electron chi connectivity index (χ1n) is 16.7. The molecule has 0 aliphatic rings. The lowest BCUT2D eigenvalue weighted by molar-refractivity contribution is -0.114. The molecule has 0 saturated heterocycles. The van der Waals surface area contributed by atoms with Crippen LogP contribution in [0.3, 0.4) is 0 Å². The molecule has 0 aliphatic carbocycles. The zero-order valence-electron chi connectivity index (χ0n) is 29.5. The Kier molecular flexibility index (Phi) is 19.3. The van der Waals surface area contributed by atoms with Gasteiger partial charge in [-0.15, -0.1) is 0 Å². The van der Waals surface area contributed by atoms with Crippen molar-refractivity contribution >= 4 is 35.6 Å². The van der Waals surface area contributed by atoms with Crippen molar-refractivity contribution in [2.24, 2.45) is 10.7 Å². The minimum atomic E-state index is -0.516. The molecule has 4 aromatic rings. The summed E-state index contributed by atoms with van der Waals surface area (Å²) in [5.41, 5.74) is 14.0. The number of benzene rings is 4. The van der Waals surface area contributed by atoms with E-state index in [-0.39, 0.29) is 20.5 Å². The second-order valence-electron chi connectivity index (χ2n) is 11.4. The quantitative estimate of drug-likeness (QED) is 0.0663. The molecule has 0 saturated carbocycles. The third kappa shape index (κ3) is 12.7. The van der Waals surface area contributed by atoms with Crippen molar-refractivity contribution in [3.8, 4) is 0 Å². The van der Waals surface area contributed by atoms with E-state index in [1.54, 1.807) is 18.3 Å². The van der Waals surface area contributed by atoms with E-state index < -0.39 is 23.1 Å². The maximum atomic E-state index is 12.6. The highest BCUT2D eigenvalue weighted by Gasteiger charge is 2.22. The van der Waals surface area contributed by atoms with Crippen LogP contribution < -0.4 is 5.73 Å². The minimum absolute atomic E-state index is 0. The van der Waals surface area contributed by atoms with Crippen molar-refractivity contribution in [2.45, 2.75) is 74.7 Å². The summed E-state index contributed by atoms with van der Waals surface area (Å²) in [6, 6.07) is 26.6. The lowest BCUT2D eigenvalue weighted by Gasteiger charge is -2.12. The van der Waals surface area contributed by atoms with E-state index >= 15 is 0 Å². The number of hydrogen-bond donors (Lipinski definition) is 1. The summed E-state index contributed by atoms with van der Waals surface area (Å²) in [6.07, 6.45) is 5.41. The van der Waals surface area contributed by atoms with E-state index in [1.165, 1.54) is 0 Å². The molecular weight excluding hydrogens is 624 g/mol. The summed E-state index contributed by atoms with van der Waals surface area (Å²) < 4.78 is 0. The monoisotopic (exact) mass is 676 g/mol. The van der Waals surface area contributed by atoms with Crippen LogP contribution in [0.1, 0.15) is 105 Å². The second kappa shape index (κ2) is 22.5. The van der Waals surface area contributed by atoms with Gasteiger partial charge in [-0.05, 0) is 67.3 Å². The first kappa shape index (κ1) is 42.9. The molecule has 264 valence electrons. The highest BCUT2D eigenvalue weighted by atomic mass is 16.2. The van der Waals surface area contributed by atoms with Gasteiger partial charge in [-0.2, -0.15) is 0 Å². The molecule has 0 amide bonds. The number of nitrogens with zero attached hydrogens (tertiary/aromatic N) is 1. The number of rotatable bonds is 13. The fourth-order valence-electron chi connectivity index (χ4n) is 5.33. The lowest BCUT2D eigenvalue weighted by Crippen LogP contribution is -2.25. The van der Waals surface area contributed by atoms with E-state index in [9.17, 15) is 24.0 Å². The SMILES string of the molecule is C.CCc1cc(C)cc(CC)c1C(=O)C(=O)CN.CCc1cc(C)cc(CC)c1C(=O)C(=O)CN=Cc1ccccc1.O=Cc1ccccc1. The maximum Gasteiger partial charge on any atom is 0.231 e. The van der Waals surface area contributed by atoms with Gasteiger partial charge in [0.25, 0.3) is 0 Å². The Morgan fingerprint density at radius 3 is 1.28 bits per heavy atom. The summed E-state index contributed by atoms with van der Waals surface area (Å²) >= 11 is 0. The highest BCUT2D eigenvalue weighted by Crippen LogP contribution is 2.21. The Hall–Kier alpha value is -5.14. The van der Waals surface area contributed by atoms with Crippen LogP contribution in [-0.2, 0) is 35.3 Å². The number of aliphatic imine (C=N–C) groups is 1. The first-order valence-corrected chi connectivity index (χ1v) is 16.7. The van der Waals surface area contributed by atoms with E-state index in [4.69, 9.17) is 5.73 Å². The van der Waals surface area contributed by atoms with Gasteiger partial charge >= 0.3 is 0 Å². The fourth-order valence-corrected chi connectivity index (χ4v) is 5.33. The van der Waals surface area contributed by atoms with E-state index in [0.717, 1.165) is 76.5 Å². The molecule has 0 fully saturated rings. The third-order valence-corrected chi connectivity index (χ3v) is 7.77. The van der Waals surface area contributed by atoms with Crippen LogP contribution in [0.15, 0.2) is 89.9 Å². The molecule has 0 radical (unpaired) electrons. The van der Waals surface area contributed by atoms with Crippen molar-refractivity contribution in [3.63, 3.8) is 0 Å².